The SMILES string of the molecule is CC1CCC(/N=C(/Nc2ccc(C(N)=O)cc2)N2CCN[C@@H](C)C2)CC1. The van der Waals surface area contributed by atoms with E-state index in [0.29, 0.717) is 17.6 Å². The van der Waals surface area contributed by atoms with E-state index >= 15 is 0 Å². The largest absolute Gasteiger partial charge is 0.366 e. The monoisotopic (exact) mass is 357 g/mol. The Balaban J connectivity index is 1.76. The van der Waals surface area contributed by atoms with Crippen LogP contribution >= 0.6 is 0 Å². The van der Waals surface area contributed by atoms with Crippen LogP contribution in [-0.4, -0.2) is 48.5 Å². The lowest BCUT2D eigenvalue weighted by Gasteiger charge is -2.35. The van der Waals surface area contributed by atoms with Crippen LogP contribution in [-0.2, 0) is 0 Å². The summed E-state index contributed by atoms with van der Waals surface area (Å²) in [4.78, 5) is 18.7. The molecule has 0 unspecified atom stereocenters. The average molecular weight is 358 g/mol. The summed E-state index contributed by atoms with van der Waals surface area (Å²) < 4.78 is 0. The van der Waals surface area contributed by atoms with Gasteiger partial charge in [0.2, 0.25) is 5.91 Å². The number of anilines is 1. The summed E-state index contributed by atoms with van der Waals surface area (Å²) >= 11 is 0. The van der Waals surface area contributed by atoms with Gasteiger partial charge in [-0.05, 0) is 62.8 Å². The molecule has 1 aromatic rings. The topological polar surface area (TPSA) is 82.7 Å². The number of hydrogen-bond donors (Lipinski definition) is 3. The summed E-state index contributed by atoms with van der Waals surface area (Å²) in [6, 6.07) is 8.13. The van der Waals surface area contributed by atoms with Gasteiger partial charge in [0.1, 0.15) is 0 Å². The Bertz CT molecular complexity index is 634. The molecule has 2 fully saturated rings. The maximum Gasteiger partial charge on any atom is 0.248 e. The molecule has 1 saturated carbocycles. The Kier molecular flexibility index (Phi) is 6.14. The van der Waals surface area contributed by atoms with Gasteiger partial charge in [0.15, 0.2) is 5.96 Å². The summed E-state index contributed by atoms with van der Waals surface area (Å²) in [6.07, 6.45) is 4.84. The van der Waals surface area contributed by atoms with E-state index in [2.05, 4.69) is 29.4 Å². The quantitative estimate of drug-likeness (QED) is 0.573. The number of nitrogens with one attached hydrogen (secondary N) is 2. The van der Waals surface area contributed by atoms with Crippen molar-refractivity contribution >= 4 is 17.6 Å². The summed E-state index contributed by atoms with van der Waals surface area (Å²) in [5.41, 5.74) is 6.79. The fraction of sp³-hybridized carbons (Fsp3) is 0.600. The van der Waals surface area contributed by atoms with Crippen molar-refractivity contribution in [3.05, 3.63) is 29.8 Å². The molecule has 0 bridgehead atoms. The van der Waals surface area contributed by atoms with Crippen molar-refractivity contribution in [1.82, 2.24) is 10.2 Å². The Morgan fingerprint density at radius 2 is 1.88 bits per heavy atom. The van der Waals surface area contributed by atoms with E-state index < -0.39 is 5.91 Å². The van der Waals surface area contributed by atoms with Crippen molar-refractivity contribution in [1.29, 1.82) is 0 Å². The smallest absolute Gasteiger partial charge is 0.248 e. The molecule has 0 radical (unpaired) electrons. The highest BCUT2D eigenvalue weighted by Crippen LogP contribution is 2.26. The maximum atomic E-state index is 11.3. The van der Waals surface area contributed by atoms with Gasteiger partial charge in [0.25, 0.3) is 0 Å². The van der Waals surface area contributed by atoms with Crippen molar-refractivity contribution in [3.8, 4) is 0 Å². The second-order valence-corrected chi connectivity index (χ2v) is 7.73. The van der Waals surface area contributed by atoms with Crippen LogP contribution in [0.1, 0.15) is 49.9 Å². The number of benzene rings is 1. The minimum absolute atomic E-state index is 0.392. The standard InChI is InChI=1S/C20H31N5O/c1-14-3-7-17(8-4-14)23-20(25-12-11-22-15(2)13-25)24-18-9-5-16(6-10-18)19(21)26/h5-6,9-10,14-15,17,22H,3-4,7-8,11-13H2,1-2H3,(H2,21,26)(H,23,24)/t14?,15-,17?/m0/s1. The lowest BCUT2D eigenvalue weighted by atomic mass is 9.88. The molecule has 1 aliphatic carbocycles. The molecule has 142 valence electrons. The van der Waals surface area contributed by atoms with Crippen LogP contribution in [0.25, 0.3) is 0 Å². The molecule has 4 N–H and O–H groups in total. The van der Waals surface area contributed by atoms with Crippen molar-refractivity contribution in [2.45, 2.75) is 51.6 Å². The second kappa shape index (κ2) is 8.54. The van der Waals surface area contributed by atoms with Crippen LogP contribution in [0.4, 0.5) is 5.69 Å². The van der Waals surface area contributed by atoms with Gasteiger partial charge >= 0.3 is 0 Å². The number of nitrogens with two attached hydrogens (primary N) is 1. The van der Waals surface area contributed by atoms with Gasteiger partial charge in [0.05, 0.1) is 6.04 Å². The maximum absolute atomic E-state index is 11.3. The molecule has 3 rings (SSSR count). The lowest BCUT2D eigenvalue weighted by molar-refractivity contribution is 0.100. The van der Waals surface area contributed by atoms with Crippen LogP contribution in [0.3, 0.4) is 0 Å². The number of amides is 1. The van der Waals surface area contributed by atoms with Gasteiger partial charge in [-0.1, -0.05) is 6.92 Å². The number of aliphatic imine (C=N–C) groups is 1. The fourth-order valence-corrected chi connectivity index (χ4v) is 3.71. The fourth-order valence-electron chi connectivity index (χ4n) is 3.71. The zero-order valence-corrected chi connectivity index (χ0v) is 15.9. The van der Waals surface area contributed by atoms with Crippen molar-refractivity contribution < 1.29 is 4.79 Å². The summed E-state index contributed by atoms with van der Waals surface area (Å²) in [5.74, 6) is 1.36. The number of carbonyl (C=O) groups excluding carboxylic acids is 1. The first-order chi connectivity index (χ1) is 12.5. The first-order valence-electron chi connectivity index (χ1n) is 9.74. The van der Waals surface area contributed by atoms with Crippen molar-refractivity contribution in [3.63, 3.8) is 0 Å². The van der Waals surface area contributed by atoms with E-state index in [9.17, 15) is 4.79 Å². The summed E-state index contributed by atoms with van der Waals surface area (Å²) in [7, 11) is 0. The predicted molar refractivity (Wildman–Crippen MR) is 106 cm³/mol. The second-order valence-electron chi connectivity index (χ2n) is 7.73. The predicted octanol–water partition coefficient (Wildman–Crippen LogP) is 2.43. The molecule has 0 spiro atoms. The minimum Gasteiger partial charge on any atom is -0.366 e. The molecule has 1 heterocycles. The van der Waals surface area contributed by atoms with E-state index in [1.165, 1.54) is 12.8 Å². The third-order valence-corrected chi connectivity index (χ3v) is 5.38. The van der Waals surface area contributed by atoms with E-state index in [-0.39, 0.29) is 0 Å². The number of piperazine rings is 1. The van der Waals surface area contributed by atoms with Gasteiger partial charge in [-0.15, -0.1) is 0 Å². The number of nitrogens with zero attached hydrogens (tertiary/aromatic N) is 2. The molecule has 26 heavy (non-hydrogen) atoms. The van der Waals surface area contributed by atoms with E-state index in [4.69, 9.17) is 10.7 Å². The highest BCUT2D eigenvalue weighted by Gasteiger charge is 2.23. The molecule has 1 aromatic carbocycles. The number of guanidine groups is 1. The minimum atomic E-state index is -0.405. The molecule has 0 aromatic heterocycles. The van der Waals surface area contributed by atoms with Gasteiger partial charge in [-0.3, -0.25) is 4.79 Å². The summed E-state index contributed by atoms with van der Waals surface area (Å²) in [6.45, 7) is 7.38. The molecule has 1 atom stereocenters. The Labute approximate surface area is 156 Å². The zero-order chi connectivity index (χ0) is 18.5. The molecular weight excluding hydrogens is 326 g/mol. The summed E-state index contributed by atoms with van der Waals surface area (Å²) in [5, 5.41) is 6.97. The normalized spacial score (nSPS) is 27.2. The number of hydrogen-bond acceptors (Lipinski definition) is 3. The zero-order valence-electron chi connectivity index (χ0n) is 15.9. The molecule has 6 nitrogen and oxygen atoms in total. The highest BCUT2D eigenvalue weighted by molar-refractivity contribution is 5.96. The number of rotatable bonds is 3. The van der Waals surface area contributed by atoms with E-state index in [1.54, 1.807) is 12.1 Å². The Hall–Kier alpha value is -2.08. The highest BCUT2D eigenvalue weighted by atomic mass is 16.1. The van der Waals surface area contributed by atoms with Crippen LogP contribution in [0.15, 0.2) is 29.3 Å². The van der Waals surface area contributed by atoms with Crippen LogP contribution in [0.2, 0.25) is 0 Å². The number of primary amides is 1. The van der Waals surface area contributed by atoms with Gasteiger partial charge in [0, 0.05) is 36.9 Å². The van der Waals surface area contributed by atoms with Crippen LogP contribution in [0, 0.1) is 5.92 Å². The van der Waals surface area contributed by atoms with E-state index in [0.717, 1.165) is 50.0 Å². The lowest BCUT2D eigenvalue weighted by Crippen LogP contribution is -2.53. The van der Waals surface area contributed by atoms with E-state index in [1.807, 2.05) is 12.1 Å². The van der Waals surface area contributed by atoms with Gasteiger partial charge < -0.3 is 21.3 Å². The molecule has 2 aliphatic rings. The van der Waals surface area contributed by atoms with Crippen molar-refractivity contribution in [2.75, 3.05) is 25.0 Å². The third kappa shape index (κ3) is 4.97. The van der Waals surface area contributed by atoms with Crippen LogP contribution < -0.4 is 16.4 Å². The third-order valence-electron chi connectivity index (χ3n) is 5.38. The first-order valence-corrected chi connectivity index (χ1v) is 9.74. The Morgan fingerprint density at radius 3 is 2.50 bits per heavy atom. The van der Waals surface area contributed by atoms with Gasteiger partial charge in [-0.25, -0.2) is 4.99 Å². The first kappa shape index (κ1) is 18.7. The molecule has 1 aliphatic heterocycles. The molecule has 1 amide bonds. The van der Waals surface area contributed by atoms with Gasteiger partial charge in [-0.2, -0.15) is 0 Å². The average Bonchev–Trinajstić information content (AvgIpc) is 2.63. The molecule has 1 saturated heterocycles. The number of carbonyl (C=O) groups is 1. The molecular formula is C20H31N5O. The Morgan fingerprint density at radius 1 is 1.19 bits per heavy atom. The van der Waals surface area contributed by atoms with Crippen LogP contribution in [0.5, 0.6) is 0 Å². The van der Waals surface area contributed by atoms with Crippen molar-refractivity contribution in [2.24, 2.45) is 16.6 Å². The molecule has 6 heteroatoms.